The number of anilines is 1. The summed E-state index contributed by atoms with van der Waals surface area (Å²) in [5, 5.41) is 12.3. The van der Waals surface area contributed by atoms with E-state index in [9.17, 15) is 22.9 Å². The number of benzene rings is 3. The zero-order chi connectivity index (χ0) is 21.0. The second-order valence-corrected chi connectivity index (χ2v) is 7.59. The molecular formula is C21H18F2N2O3S. The Bertz CT molecular complexity index is 1050. The third-order valence-electron chi connectivity index (χ3n) is 4.19. The van der Waals surface area contributed by atoms with E-state index in [1.165, 1.54) is 12.1 Å². The fraction of sp³-hybridized carbons (Fsp3) is 0.0952. The van der Waals surface area contributed by atoms with E-state index < -0.39 is 28.5 Å². The van der Waals surface area contributed by atoms with Crippen molar-refractivity contribution in [2.24, 2.45) is 0 Å². The van der Waals surface area contributed by atoms with Gasteiger partial charge in [0, 0.05) is 11.3 Å². The minimum Gasteiger partial charge on any atom is -0.507 e. The number of phenolic OH excluding ortho intramolecular Hbond substituents is 1. The largest absolute Gasteiger partial charge is 0.507 e. The molecule has 0 radical (unpaired) electrons. The maximum Gasteiger partial charge on any atom is 0.228 e. The van der Waals surface area contributed by atoms with E-state index in [0.717, 1.165) is 12.1 Å². The van der Waals surface area contributed by atoms with Crippen LogP contribution in [0.25, 0.3) is 11.1 Å². The first kappa shape index (κ1) is 20.6. The topological polar surface area (TPSA) is 78.4 Å². The van der Waals surface area contributed by atoms with E-state index >= 15 is 0 Å². The molecule has 3 aromatic rings. The van der Waals surface area contributed by atoms with Crippen molar-refractivity contribution in [3.8, 4) is 16.9 Å². The molecule has 8 heteroatoms. The molecule has 3 N–H and O–H groups in total. The van der Waals surface area contributed by atoms with E-state index in [-0.39, 0.29) is 29.0 Å². The molecular weight excluding hydrogens is 398 g/mol. The highest BCUT2D eigenvalue weighted by Crippen LogP contribution is 2.34. The van der Waals surface area contributed by atoms with Gasteiger partial charge in [0.25, 0.3) is 0 Å². The second kappa shape index (κ2) is 8.93. The molecule has 1 atom stereocenters. The molecule has 0 aromatic heterocycles. The zero-order valence-corrected chi connectivity index (χ0v) is 16.2. The quantitative estimate of drug-likeness (QED) is 0.573. The number of nitrogens with one attached hydrogen (secondary N) is 2. The summed E-state index contributed by atoms with van der Waals surface area (Å²) in [6, 6.07) is 14.4. The van der Waals surface area contributed by atoms with Gasteiger partial charge in [0.15, 0.2) is 0 Å². The Morgan fingerprint density at radius 1 is 1.03 bits per heavy atom. The van der Waals surface area contributed by atoms with Crippen LogP contribution in [0, 0.1) is 11.6 Å². The molecule has 29 heavy (non-hydrogen) atoms. The van der Waals surface area contributed by atoms with Gasteiger partial charge in [0.05, 0.1) is 16.9 Å². The SMILES string of the molecule is CNS(=O)c1ccc(CC(=O)Nc2cc(F)c(-c3ccccc3O)c(F)c2)cc1. The number of carbonyl (C=O) groups excluding carboxylic acids is 1. The Hall–Kier alpha value is -3.10. The first-order chi connectivity index (χ1) is 13.9. The van der Waals surface area contributed by atoms with Crippen molar-refractivity contribution in [2.75, 3.05) is 12.4 Å². The lowest BCUT2D eigenvalue weighted by Gasteiger charge is -2.11. The van der Waals surface area contributed by atoms with E-state index in [1.54, 1.807) is 43.4 Å². The van der Waals surface area contributed by atoms with E-state index in [0.29, 0.717) is 10.5 Å². The number of hydrogen-bond donors (Lipinski definition) is 3. The van der Waals surface area contributed by atoms with Gasteiger partial charge < -0.3 is 10.4 Å². The summed E-state index contributed by atoms with van der Waals surface area (Å²) >= 11 is 0. The van der Waals surface area contributed by atoms with Gasteiger partial charge in [-0.05, 0) is 42.9 Å². The van der Waals surface area contributed by atoms with Gasteiger partial charge in [0.2, 0.25) is 5.91 Å². The molecule has 0 heterocycles. The highest BCUT2D eigenvalue weighted by atomic mass is 32.2. The second-order valence-electron chi connectivity index (χ2n) is 6.17. The summed E-state index contributed by atoms with van der Waals surface area (Å²) in [5.41, 5.74) is 0.289. The van der Waals surface area contributed by atoms with Gasteiger partial charge in [-0.1, -0.05) is 30.3 Å². The molecule has 0 aliphatic rings. The molecule has 1 unspecified atom stereocenters. The van der Waals surface area contributed by atoms with Crippen LogP contribution in [0.2, 0.25) is 0 Å². The minimum absolute atomic E-state index is 0.0169. The van der Waals surface area contributed by atoms with Crippen LogP contribution in [-0.2, 0) is 22.2 Å². The fourth-order valence-electron chi connectivity index (χ4n) is 2.83. The van der Waals surface area contributed by atoms with E-state index in [4.69, 9.17) is 0 Å². The van der Waals surface area contributed by atoms with Crippen LogP contribution in [0.3, 0.4) is 0 Å². The summed E-state index contributed by atoms with van der Waals surface area (Å²) in [5.74, 6) is -2.51. The van der Waals surface area contributed by atoms with Crippen LogP contribution >= 0.6 is 0 Å². The molecule has 3 aromatic carbocycles. The van der Waals surface area contributed by atoms with Crippen LogP contribution in [-0.4, -0.2) is 22.3 Å². The van der Waals surface area contributed by atoms with Crippen molar-refractivity contribution in [1.82, 2.24) is 4.72 Å². The number of halogens is 2. The van der Waals surface area contributed by atoms with Gasteiger partial charge >= 0.3 is 0 Å². The minimum atomic E-state index is -1.32. The summed E-state index contributed by atoms with van der Waals surface area (Å²) in [4.78, 5) is 12.8. The van der Waals surface area contributed by atoms with Crippen molar-refractivity contribution in [3.05, 3.63) is 77.9 Å². The molecule has 0 saturated heterocycles. The van der Waals surface area contributed by atoms with Crippen molar-refractivity contribution in [3.63, 3.8) is 0 Å². The molecule has 0 fully saturated rings. The number of aromatic hydroxyl groups is 1. The Kier molecular flexibility index (Phi) is 6.36. The fourth-order valence-corrected chi connectivity index (χ4v) is 3.45. The third kappa shape index (κ3) is 4.85. The number of rotatable bonds is 6. The summed E-state index contributed by atoms with van der Waals surface area (Å²) in [7, 11) is 0.250. The summed E-state index contributed by atoms with van der Waals surface area (Å²) in [6.45, 7) is 0. The van der Waals surface area contributed by atoms with Crippen LogP contribution in [0.5, 0.6) is 5.75 Å². The molecule has 150 valence electrons. The van der Waals surface area contributed by atoms with Gasteiger partial charge in [-0.2, -0.15) is 0 Å². The van der Waals surface area contributed by atoms with E-state index in [2.05, 4.69) is 10.0 Å². The molecule has 5 nitrogen and oxygen atoms in total. The van der Waals surface area contributed by atoms with Crippen LogP contribution in [0.15, 0.2) is 65.6 Å². The van der Waals surface area contributed by atoms with Crippen LogP contribution in [0.1, 0.15) is 5.56 Å². The molecule has 0 spiro atoms. The molecule has 0 aliphatic heterocycles. The van der Waals surface area contributed by atoms with Gasteiger partial charge in [-0.15, -0.1) is 0 Å². The molecule has 0 saturated carbocycles. The standard InChI is InChI=1S/C21H18F2N2O3S/c1-24-29(28)15-8-6-13(7-9-15)10-20(27)25-14-11-17(22)21(18(23)12-14)16-4-2-3-5-19(16)26/h2-9,11-12,24,26H,10H2,1H3,(H,25,27). The maximum absolute atomic E-state index is 14.5. The Labute approximate surface area is 169 Å². The Morgan fingerprint density at radius 3 is 2.24 bits per heavy atom. The molecule has 0 aliphatic carbocycles. The van der Waals surface area contributed by atoms with Crippen molar-refractivity contribution in [1.29, 1.82) is 0 Å². The predicted octanol–water partition coefficient (Wildman–Crippen LogP) is 3.76. The monoisotopic (exact) mass is 416 g/mol. The molecule has 0 bridgehead atoms. The van der Waals surface area contributed by atoms with Gasteiger partial charge in [-0.25, -0.2) is 17.7 Å². The number of hydrogen-bond acceptors (Lipinski definition) is 3. The Balaban J connectivity index is 1.74. The summed E-state index contributed by atoms with van der Waals surface area (Å²) < 4.78 is 43.2. The smallest absolute Gasteiger partial charge is 0.228 e. The molecule has 1 amide bonds. The average molecular weight is 416 g/mol. The lowest BCUT2D eigenvalue weighted by Crippen LogP contribution is -2.15. The van der Waals surface area contributed by atoms with Crippen molar-refractivity contribution >= 4 is 22.6 Å². The summed E-state index contributed by atoms with van der Waals surface area (Å²) in [6.07, 6.45) is -0.0169. The number of carbonyl (C=O) groups is 1. The van der Waals surface area contributed by atoms with Crippen molar-refractivity contribution in [2.45, 2.75) is 11.3 Å². The number of phenols is 1. The normalized spacial score (nSPS) is 11.8. The zero-order valence-electron chi connectivity index (χ0n) is 15.4. The number of para-hydroxylation sites is 1. The highest BCUT2D eigenvalue weighted by molar-refractivity contribution is 7.83. The lowest BCUT2D eigenvalue weighted by molar-refractivity contribution is -0.115. The predicted molar refractivity (Wildman–Crippen MR) is 108 cm³/mol. The first-order valence-corrected chi connectivity index (χ1v) is 9.79. The highest BCUT2D eigenvalue weighted by Gasteiger charge is 2.17. The van der Waals surface area contributed by atoms with Crippen LogP contribution < -0.4 is 10.0 Å². The average Bonchev–Trinajstić information content (AvgIpc) is 2.69. The maximum atomic E-state index is 14.5. The number of amides is 1. The first-order valence-electron chi connectivity index (χ1n) is 8.64. The van der Waals surface area contributed by atoms with Crippen LogP contribution in [0.4, 0.5) is 14.5 Å². The van der Waals surface area contributed by atoms with Gasteiger partial charge in [0.1, 0.15) is 28.4 Å². The third-order valence-corrected chi connectivity index (χ3v) is 5.26. The Morgan fingerprint density at radius 2 is 1.66 bits per heavy atom. The molecule has 3 rings (SSSR count). The van der Waals surface area contributed by atoms with Gasteiger partial charge in [-0.3, -0.25) is 4.79 Å². The van der Waals surface area contributed by atoms with E-state index in [1.807, 2.05) is 0 Å². The van der Waals surface area contributed by atoms with Crippen molar-refractivity contribution < 1.29 is 22.9 Å². The lowest BCUT2D eigenvalue weighted by atomic mass is 10.0.